The topological polar surface area (TPSA) is 45.5 Å². The second kappa shape index (κ2) is 7.63. The molecule has 2 bridgehead atoms. The van der Waals surface area contributed by atoms with Gasteiger partial charge in [0.2, 0.25) is 0 Å². The van der Waals surface area contributed by atoms with Gasteiger partial charge in [0, 0.05) is 24.2 Å². The number of carbonyl (C=O) groups is 1. The molecule has 2 fully saturated rings. The first-order valence-electron chi connectivity index (χ1n) is 8.99. The predicted octanol–water partition coefficient (Wildman–Crippen LogP) is 3.90. The highest BCUT2D eigenvalue weighted by molar-refractivity contribution is 5.93. The zero-order valence-electron chi connectivity index (χ0n) is 14.5. The van der Waals surface area contributed by atoms with E-state index < -0.39 is 0 Å². The number of halogens is 1. The van der Waals surface area contributed by atoms with Crippen molar-refractivity contribution in [2.75, 3.05) is 13.1 Å². The highest BCUT2D eigenvalue weighted by Crippen LogP contribution is 2.31. The van der Waals surface area contributed by atoms with E-state index in [2.05, 4.69) is 41.4 Å². The van der Waals surface area contributed by atoms with E-state index in [-0.39, 0.29) is 18.3 Å². The third kappa shape index (κ3) is 3.46. The summed E-state index contributed by atoms with van der Waals surface area (Å²) in [5.41, 5.74) is 2.32. The fraction of sp³-hybridized carbons (Fsp3) is 0.450. The first-order valence-corrected chi connectivity index (χ1v) is 8.99. The van der Waals surface area contributed by atoms with Gasteiger partial charge in [-0.25, -0.2) is 0 Å². The standard InChI is InChI=1S/C20H24N2O2.ClH/c1-2-14-3-5-15(6-4-14)18-9-10-19(24-18)20(23)22-16-7-8-17(22)13-21-12-11-16;/h3-6,9-10,16-17,21H,2,7-8,11-13H2,1H3;1H. The number of nitrogens with one attached hydrogen (secondary N) is 1. The van der Waals surface area contributed by atoms with Gasteiger partial charge in [-0.15, -0.1) is 12.4 Å². The van der Waals surface area contributed by atoms with Crippen LogP contribution in [-0.4, -0.2) is 36.0 Å². The van der Waals surface area contributed by atoms with E-state index in [9.17, 15) is 4.79 Å². The zero-order valence-corrected chi connectivity index (χ0v) is 15.3. The molecule has 134 valence electrons. The summed E-state index contributed by atoms with van der Waals surface area (Å²) in [6.45, 7) is 4.04. The molecule has 5 heteroatoms. The Morgan fingerprint density at radius 3 is 2.64 bits per heavy atom. The summed E-state index contributed by atoms with van der Waals surface area (Å²) < 4.78 is 5.91. The molecule has 0 spiro atoms. The number of hydrogen-bond acceptors (Lipinski definition) is 3. The molecule has 1 N–H and O–H groups in total. The molecule has 2 unspecified atom stereocenters. The Morgan fingerprint density at radius 2 is 1.88 bits per heavy atom. The van der Waals surface area contributed by atoms with Gasteiger partial charge in [0.25, 0.3) is 5.91 Å². The number of furan rings is 1. The average Bonchev–Trinajstić information content (AvgIpc) is 3.18. The van der Waals surface area contributed by atoms with Gasteiger partial charge in [0.1, 0.15) is 5.76 Å². The third-order valence-corrected chi connectivity index (χ3v) is 5.35. The fourth-order valence-corrected chi connectivity index (χ4v) is 3.95. The lowest BCUT2D eigenvalue weighted by molar-refractivity contribution is 0.0648. The van der Waals surface area contributed by atoms with Crippen LogP contribution >= 0.6 is 12.4 Å². The van der Waals surface area contributed by atoms with Crippen LogP contribution in [-0.2, 0) is 6.42 Å². The van der Waals surface area contributed by atoms with Crippen molar-refractivity contribution in [3.63, 3.8) is 0 Å². The Balaban J connectivity index is 0.00000182. The van der Waals surface area contributed by atoms with Crippen molar-refractivity contribution in [3.8, 4) is 11.3 Å². The number of carbonyl (C=O) groups excluding carboxylic acids is 1. The van der Waals surface area contributed by atoms with E-state index in [1.807, 2.05) is 12.1 Å². The molecule has 4 rings (SSSR count). The molecule has 2 aromatic rings. The largest absolute Gasteiger partial charge is 0.451 e. The van der Waals surface area contributed by atoms with E-state index in [4.69, 9.17) is 4.42 Å². The molecule has 1 aromatic heterocycles. The number of benzene rings is 1. The van der Waals surface area contributed by atoms with Crippen LogP contribution in [0.5, 0.6) is 0 Å². The number of rotatable bonds is 3. The minimum Gasteiger partial charge on any atom is -0.451 e. The summed E-state index contributed by atoms with van der Waals surface area (Å²) in [6, 6.07) is 12.7. The normalized spacial score (nSPS) is 22.4. The molecule has 0 aliphatic carbocycles. The summed E-state index contributed by atoms with van der Waals surface area (Å²) in [5, 5.41) is 3.43. The summed E-state index contributed by atoms with van der Waals surface area (Å²) in [6.07, 6.45) is 4.27. The molecule has 2 aliphatic rings. The first-order chi connectivity index (χ1) is 11.8. The summed E-state index contributed by atoms with van der Waals surface area (Å²) in [4.78, 5) is 15.0. The Hall–Kier alpha value is -1.78. The van der Waals surface area contributed by atoms with Crippen molar-refractivity contribution >= 4 is 18.3 Å². The molecular weight excluding hydrogens is 336 g/mol. The minimum absolute atomic E-state index is 0. The van der Waals surface area contributed by atoms with Crippen LogP contribution in [0.25, 0.3) is 11.3 Å². The highest BCUT2D eigenvalue weighted by atomic mass is 35.5. The van der Waals surface area contributed by atoms with Crippen molar-refractivity contribution in [1.29, 1.82) is 0 Å². The van der Waals surface area contributed by atoms with Crippen LogP contribution in [0.3, 0.4) is 0 Å². The maximum atomic E-state index is 13.0. The number of hydrogen-bond donors (Lipinski definition) is 1. The molecule has 3 heterocycles. The van der Waals surface area contributed by atoms with E-state index in [0.717, 1.165) is 50.1 Å². The molecule has 2 saturated heterocycles. The molecule has 0 radical (unpaired) electrons. The van der Waals surface area contributed by atoms with Crippen molar-refractivity contribution in [2.45, 2.75) is 44.7 Å². The van der Waals surface area contributed by atoms with E-state index in [1.54, 1.807) is 0 Å². The van der Waals surface area contributed by atoms with Crippen LogP contribution in [0.1, 0.15) is 42.3 Å². The second-order valence-corrected chi connectivity index (χ2v) is 6.80. The van der Waals surface area contributed by atoms with Gasteiger partial charge >= 0.3 is 0 Å². The summed E-state index contributed by atoms with van der Waals surface area (Å²) in [5.74, 6) is 1.27. The molecule has 1 aromatic carbocycles. The first kappa shape index (κ1) is 18.0. The van der Waals surface area contributed by atoms with Gasteiger partial charge in [-0.1, -0.05) is 31.2 Å². The van der Waals surface area contributed by atoms with Crippen molar-refractivity contribution in [2.24, 2.45) is 0 Å². The number of fused-ring (bicyclic) bond motifs is 2. The molecular formula is C20H25ClN2O2. The fourth-order valence-electron chi connectivity index (χ4n) is 3.95. The monoisotopic (exact) mass is 360 g/mol. The Labute approximate surface area is 155 Å². The second-order valence-electron chi connectivity index (χ2n) is 6.80. The summed E-state index contributed by atoms with van der Waals surface area (Å²) in [7, 11) is 0. The lowest BCUT2D eigenvalue weighted by atomic mass is 10.1. The van der Waals surface area contributed by atoms with Gasteiger partial charge in [-0.05, 0) is 49.9 Å². The van der Waals surface area contributed by atoms with Gasteiger partial charge in [0.05, 0.1) is 0 Å². The Morgan fingerprint density at radius 1 is 1.12 bits per heavy atom. The number of amides is 1. The van der Waals surface area contributed by atoms with Gasteiger partial charge in [-0.3, -0.25) is 4.79 Å². The van der Waals surface area contributed by atoms with Crippen LogP contribution in [0.4, 0.5) is 0 Å². The van der Waals surface area contributed by atoms with Crippen LogP contribution in [0.2, 0.25) is 0 Å². The predicted molar refractivity (Wildman–Crippen MR) is 101 cm³/mol. The smallest absolute Gasteiger partial charge is 0.290 e. The van der Waals surface area contributed by atoms with Crippen LogP contribution < -0.4 is 5.32 Å². The Kier molecular flexibility index (Phi) is 5.50. The van der Waals surface area contributed by atoms with E-state index >= 15 is 0 Å². The Bertz CT molecular complexity index is 712. The van der Waals surface area contributed by atoms with Crippen LogP contribution in [0, 0.1) is 0 Å². The molecule has 25 heavy (non-hydrogen) atoms. The quantitative estimate of drug-likeness (QED) is 0.903. The van der Waals surface area contributed by atoms with Crippen molar-refractivity contribution < 1.29 is 9.21 Å². The maximum Gasteiger partial charge on any atom is 0.290 e. The lowest BCUT2D eigenvalue weighted by Crippen LogP contribution is -2.42. The number of aryl methyl sites for hydroxylation is 1. The molecule has 2 aliphatic heterocycles. The van der Waals surface area contributed by atoms with Crippen molar-refractivity contribution in [1.82, 2.24) is 10.2 Å². The SMILES string of the molecule is CCc1ccc(-c2ccc(C(=O)N3C4CCNCC3CC4)o2)cc1.Cl. The molecule has 1 amide bonds. The summed E-state index contributed by atoms with van der Waals surface area (Å²) >= 11 is 0. The van der Waals surface area contributed by atoms with Crippen molar-refractivity contribution in [3.05, 3.63) is 47.7 Å². The molecule has 2 atom stereocenters. The van der Waals surface area contributed by atoms with Gasteiger partial charge in [0.15, 0.2) is 5.76 Å². The lowest BCUT2D eigenvalue weighted by Gasteiger charge is -2.26. The maximum absolute atomic E-state index is 13.0. The third-order valence-electron chi connectivity index (χ3n) is 5.35. The van der Waals surface area contributed by atoms with Gasteiger partial charge < -0.3 is 14.6 Å². The highest BCUT2D eigenvalue weighted by Gasteiger charge is 2.39. The van der Waals surface area contributed by atoms with E-state index in [0.29, 0.717) is 17.8 Å². The zero-order chi connectivity index (χ0) is 16.5. The average molecular weight is 361 g/mol. The van der Waals surface area contributed by atoms with Gasteiger partial charge in [-0.2, -0.15) is 0 Å². The number of nitrogens with zero attached hydrogens (tertiary/aromatic N) is 1. The minimum atomic E-state index is 0. The van der Waals surface area contributed by atoms with Crippen LogP contribution in [0.15, 0.2) is 40.8 Å². The molecule has 4 nitrogen and oxygen atoms in total. The van der Waals surface area contributed by atoms with E-state index in [1.165, 1.54) is 5.56 Å². The molecule has 0 saturated carbocycles.